The molecule has 0 saturated carbocycles. The van der Waals surface area contributed by atoms with Crippen molar-refractivity contribution in [2.24, 2.45) is 0 Å². The molecular formula is C24H24ClN5O7. The molecular weight excluding hydrogens is 506 g/mol. The molecule has 2 heterocycles. The summed E-state index contributed by atoms with van der Waals surface area (Å²) in [6, 6.07) is 10.9. The Labute approximate surface area is 215 Å². The monoisotopic (exact) mass is 529 g/mol. The van der Waals surface area contributed by atoms with Crippen LogP contribution in [0.1, 0.15) is 19.4 Å². The van der Waals surface area contributed by atoms with E-state index >= 15 is 0 Å². The average molecular weight is 530 g/mol. The Bertz CT molecular complexity index is 1400. The van der Waals surface area contributed by atoms with E-state index in [9.17, 15) is 29.4 Å². The van der Waals surface area contributed by atoms with E-state index in [2.05, 4.69) is 25.3 Å². The summed E-state index contributed by atoms with van der Waals surface area (Å²) >= 11 is 5.89. The maximum Gasteiger partial charge on any atom is 0.439 e. The molecule has 194 valence electrons. The molecule has 3 aromatic rings. The van der Waals surface area contributed by atoms with Crippen LogP contribution in [0, 0.1) is 0 Å². The molecule has 0 radical (unpaired) electrons. The first-order chi connectivity index (χ1) is 17.5. The van der Waals surface area contributed by atoms with Gasteiger partial charge in [-0.25, -0.2) is 4.79 Å². The molecule has 4 rings (SSSR count). The van der Waals surface area contributed by atoms with Crippen molar-refractivity contribution < 1.29 is 29.1 Å². The highest BCUT2D eigenvalue weighted by Gasteiger charge is 2.39. The first-order valence-electron chi connectivity index (χ1n) is 11.2. The van der Waals surface area contributed by atoms with Gasteiger partial charge in [0, 0.05) is 35.1 Å². The van der Waals surface area contributed by atoms with Gasteiger partial charge in [-0.1, -0.05) is 5.16 Å². The minimum absolute atomic E-state index is 0.0154. The lowest BCUT2D eigenvalue weighted by molar-refractivity contribution is -0.141. The fourth-order valence-corrected chi connectivity index (χ4v) is 4.07. The van der Waals surface area contributed by atoms with E-state index < -0.39 is 35.2 Å². The molecule has 1 aliphatic heterocycles. The normalized spacial score (nSPS) is 15.4. The van der Waals surface area contributed by atoms with Gasteiger partial charge in [-0.3, -0.25) is 23.9 Å². The van der Waals surface area contributed by atoms with Crippen molar-refractivity contribution in [3.63, 3.8) is 0 Å². The molecule has 5 N–H and O–H groups in total. The second-order valence-electron chi connectivity index (χ2n) is 8.89. The van der Waals surface area contributed by atoms with Gasteiger partial charge >= 0.3 is 5.76 Å². The van der Waals surface area contributed by atoms with E-state index in [1.807, 2.05) is 0 Å². The molecule has 1 aliphatic rings. The summed E-state index contributed by atoms with van der Waals surface area (Å²) in [6.45, 7) is 3.47. The van der Waals surface area contributed by atoms with Crippen LogP contribution in [0.25, 0.3) is 11.4 Å². The number of hydrogen-bond donors (Lipinski definition) is 5. The number of fused-ring (bicyclic) bond motifs is 1. The lowest BCUT2D eigenvalue weighted by Crippen LogP contribution is -2.50. The van der Waals surface area contributed by atoms with E-state index in [1.54, 1.807) is 32.0 Å². The first kappa shape index (κ1) is 26.1. The third-order valence-corrected chi connectivity index (χ3v) is 6.23. The van der Waals surface area contributed by atoms with Gasteiger partial charge in [0.25, 0.3) is 11.8 Å². The van der Waals surface area contributed by atoms with E-state index in [-0.39, 0.29) is 29.8 Å². The fraction of sp³-hybridized carbons (Fsp3) is 0.292. The number of H-pyrrole nitrogens is 1. The smallest absolute Gasteiger partial charge is 0.380 e. The van der Waals surface area contributed by atoms with Gasteiger partial charge < -0.3 is 25.7 Å². The number of aliphatic hydroxyl groups is 2. The van der Waals surface area contributed by atoms with Crippen molar-refractivity contribution in [2.75, 3.05) is 28.0 Å². The Balaban J connectivity index is 1.47. The number of rotatable bonds is 8. The van der Waals surface area contributed by atoms with Crippen LogP contribution in [0.15, 0.2) is 51.8 Å². The van der Waals surface area contributed by atoms with E-state index in [4.69, 9.17) is 11.6 Å². The predicted octanol–water partition coefficient (Wildman–Crippen LogP) is 1.19. The molecule has 0 unspecified atom stereocenters. The topological polar surface area (TPSA) is 178 Å². The lowest BCUT2D eigenvalue weighted by atomic mass is 9.86. The number of carbonyl (C=O) groups excluding carboxylic acids is 3. The zero-order valence-electron chi connectivity index (χ0n) is 19.8. The number of nitrogens with one attached hydrogen (secondary N) is 3. The molecule has 3 amide bonds. The molecule has 13 heteroatoms. The molecule has 0 aliphatic carbocycles. The van der Waals surface area contributed by atoms with Gasteiger partial charge in [-0.2, -0.15) is 0 Å². The number of amides is 3. The zero-order chi connectivity index (χ0) is 26.9. The van der Waals surface area contributed by atoms with Crippen molar-refractivity contribution in [1.29, 1.82) is 0 Å². The van der Waals surface area contributed by atoms with Crippen LogP contribution in [0.2, 0.25) is 0 Å². The van der Waals surface area contributed by atoms with Crippen LogP contribution >= 0.6 is 11.6 Å². The van der Waals surface area contributed by atoms with Crippen molar-refractivity contribution in [2.45, 2.75) is 31.5 Å². The molecule has 0 fully saturated rings. The third-order valence-electron chi connectivity index (χ3n) is 6.07. The lowest BCUT2D eigenvalue weighted by Gasteiger charge is -2.27. The number of aromatic nitrogens is 2. The molecule has 1 aromatic heterocycles. The molecule has 2 atom stereocenters. The first-order valence-corrected chi connectivity index (χ1v) is 11.7. The number of halogens is 1. The Morgan fingerprint density at radius 1 is 1.14 bits per heavy atom. The van der Waals surface area contributed by atoms with Crippen LogP contribution < -0.4 is 21.3 Å². The van der Waals surface area contributed by atoms with E-state index in [1.165, 1.54) is 24.3 Å². The summed E-state index contributed by atoms with van der Waals surface area (Å²) in [5.74, 6) is -2.65. The van der Waals surface area contributed by atoms with Gasteiger partial charge in [0.15, 0.2) is 18.0 Å². The fourth-order valence-electron chi connectivity index (χ4n) is 3.90. The maximum atomic E-state index is 13.1. The molecule has 0 bridgehead atoms. The summed E-state index contributed by atoms with van der Waals surface area (Å²) in [5.41, 5.74) is 1.55. The van der Waals surface area contributed by atoms with Crippen molar-refractivity contribution in [3.8, 4) is 11.4 Å². The molecule has 0 spiro atoms. The number of alkyl halides is 1. The predicted molar refractivity (Wildman–Crippen MR) is 134 cm³/mol. The number of hydrogen-bond acceptors (Lipinski definition) is 8. The highest BCUT2D eigenvalue weighted by molar-refractivity contribution is 6.18. The Hall–Kier alpha value is -4.00. The van der Waals surface area contributed by atoms with Crippen LogP contribution in [-0.2, 0) is 19.8 Å². The average Bonchev–Trinajstić information content (AvgIpc) is 3.41. The largest absolute Gasteiger partial charge is 0.439 e. The molecule has 12 nitrogen and oxygen atoms in total. The van der Waals surface area contributed by atoms with Crippen LogP contribution in [0.3, 0.4) is 0 Å². The van der Waals surface area contributed by atoms with Gasteiger partial charge in [0.2, 0.25) is 5.91 Å². The molecule has 37 heavy (non-hydrogen) atoms. The van der Waals surface area contributed by atoms with E-state index in [0.29, 0.717) is 22.5 Å². The van der Waals surface area contributed by atoms with Gasteiger partial charge in [-0.05, 0) is 61.9 Å². The minimum Gasteiger partial charge on any atom is -0.380 e. The summed E-state index contributed by atoms with van der Waals surface area (Å²) in [4.78, 5) is 52.6. The number of aliphatic hydroxyl groups excluding tert-OH is 2. The Kier molecular flexibility index (Phi) is 7.16. The third kappa shape index (κ3) is 5.12. The van der Waals surface area contributed by atoms with Crippen molar-refractivity contribution >= 4 is 46.4 Å². The summed E-state index contributed by atoms with van der Waals surface area (Å²) in [7, 11) is 0. The number of aromatic amines is 1. The van der Waals surface area contributed by atoms with Crippen LogP contribution in [0.5, 0.6) is 0 Å². The SMILES string of the molecule is CC1(C)C(=O)Nc2ccc(N(CCCl)C(=O)[C@H](O)[C@@H](O)C(=O)Nc3ccc(-c4noc(=O)[nH]4)cc3)cc21. The highest BCUT2D eigenvalue weighted by Crippen LogP contribution is 2.39. The molecule has 2 aromatic carbocycles. The van der Waals surface area contributed by atoms with Gasteiger partial charge in [-0.15, -0.1) is 11.6 Å². The maximum absolute atomic E-state index is 13.1. The van der Waals surface area contributed by atoms with Crippen LogP contribution in [-0.4, -0.2) is 62.7 Å². The number of nitrogens with zero attached hydrogens (tertiary/aromatic N) is 2. The second kappa shape index (κ2) is 10.2. The highest BCUT2D eigenvalue weighted by atomic mass is 35.5. The zero-order valence-corrected chi connectivity index (χ0v) is 20.6. The van der Waals surface area contributed by atoms with Crippen LogP contribution in [0.4, 0.5) is 17.1 Å². The second-order valence-corrected chi connectivity index (χ2v) is 9.27. The Morgan fingerprint density at radius 3 is 2.46 bits per heavy atom. The van der Waals surface area contributed by atoms with Crippen molar-refractivity contribution in [3.05, 3.63) is 58.6 Å². The van der Waals surface area contributed by atoms with Gasteiger partial charge in [0.05, 0.1) is 5.41 Å². The summed E-state index contributed by atoms with van der Waals surface area (Å²) < 4.78 is 4.45. The number of anilines is 3. The minimum atomic E-state index is -2.09. The summed E-state index contributed by atoms with van der Waals surface area (Å²) in [5, 5.41) is 29.7. The Morgan fingerprint density at radius 2 is 1.84 bits per heavy atom. The number of carbonyl (C=O) groups is 3. The standard InChI is InChI=1S/C24H24ClN5O7/c1-24(2)15-11-14(7-8-16(15)27-22(24)35)30(10-9-25)21(34)18(32)17(31)20(33)26-13-5-3-12(4-6-13)19-28-23(36)37-29-19/h3-8,11,17-18,31-32H,9-10H2,1-2H3,(H,26,33)(H,27,35)(H,28,29,36)/t17-,18-/m1/s1. The number of benzene rings is 2. The van der Waals surface area contributed by atoms with E-state index in [0.717, 1.165) is 4.90 Å². The van der Waals surface area contributed by atoms with Crippen molar-refractivity contribution in [1.82, 2.24) is 10.1 Å². The summed E-state index contributed by atoms with van der Waals surface area (Å²) in [6.07, 6.45) is -4.19. The molecule has 0 saturated heterocycles. The quantitative estimate of drug-likeness (QED) is 0.270. The van der Waals surface area contributed by atoms with Gasteiger partial charge in [0.1, 0.15) is 0 Å².